The molecule has 234 valence electrons. The number of aliphatic hydroxyl groups is 1. The van der Waals surface area contributed by atoms with Crippen LogP contribution < -0.4 is 9.64 Å². The highest BCUT2D eigenvalue weighted by Crippen LogP contribution is 2.44. The average Bonchev–Trinajstić information content (AvgIpc) is 3.67. The average molecular weight is 629 g/mol. The quantitative estimate of drug-likeness (QED) is 0.0462. The number of Topliss-reactive ketones (excluding diaryl/α,β-unsaturated/α-hetero) is 1. The number of aryl methyl sites for hydroxylation is 3. The molecule has 0 spiro atoms. The number of ether oxygens (including phenoxy) is 2. The van der Waals surface area contributed by atoms with Crippen molar-refractivity contribution in [1.82, 2.24) is 14.4 Å². The lowest BCUT2D eigenvalue weighted by atomic mass is 9.96. The zero-order valence-electron chi connectivity index (χ0n) is 25.8. The van der Waals surface area contributed by atoms with Gasteiger partial charge in [0.15, 0.2) is 10.9 Å². The first-order chi connectivity index (χ1) is 21.7. The van der Waals surface area contributed by atoms with Gasteiger partial charge >= 0.3 is 11.9 Å². The van der Waals surface area contributed by atoms with Crippen molar-refractivity contribution in [3.05, 3.63) is 93.9 Å². The topological polar surface area (TPSA) is 123 Å². The summed E-state index contributed by atoms with van der Waals surface area (Å²) in [6.07, 6.45) is 7.59. The van der Waals surface area contributed by atoms with E-state index >= 15 is 0 Å². The maximum absolute atomic E-state index is 13.7. The summed E-state index contributed by atoms with van der Waals surface area (Å²) < 4.78 is 12.9. The zero-order chi connectivity index (χ0) is 32.2. The van der Waals surface area contributed by atoms with Gasteiger partial charge in [-0.05, 0) is 56.5 Å². The number of pyridine rings is 1. The molecule has 1 amide bonds. The maximum Gasteiger partial charge on any atom is 0.350 e. The molecule has 1 atom stereocenters. The van der Waals surface area contributed by atoms with Gasteiger partial charge in [0.25, 0.3) is 5.78 Å². The Hall–Kier alpha value is -4.77. The number of nitrogens with zero attached hydrogens (tertiary/aromatic N) is 4. The zero-order valence-corrected chi connectivity index (χ0v) is 26.6. The van der Waals surface area contributed by atoms with Gasteiger partial charge in [0.2, 0.25) is 0 Å². The fraction of sp³-hybridized carbons (Fsp3) is 0.324. The third-order valence-corrected chi connectivity index (χ3v) is 8.86. The number of benzene rings is 1. The summed E-state index contributed by atoms with van der Waals surface area (Å²) in [5.74, 6) is -2.12. The molecule has 1 aliphatic heterocycles. The van der Waals surface area contributed by atoms with Crippen LogP contribution in [-0.2, 0) is 14.3 Å². The van der Waals surface area contributed by atoms with Gasteiger partial charge in [-0.2, -0.15) is 0 Å². The molecule has 1 saturated heterocycles. The van der Waals surface area contributed by atoms with Gasteiger partial charge in [-0.15, -0.1) is 0 Å². The van der Waals surface area contributed by atoms with Gasteiger partial charge < -0.3 is 19.0 Å². The first-order valence-corrected chi connectivity index (χ1v) is 15.7. The lowest BCUT2D eigenvalue weighted by Gasteiger charge is -2.23. The van der Waals surface area contributed by atoms with Crippen LogP contribution in [0.15, 0.2) is 60.8 Å². The number of hydrogen-bond donors (Lipinski definition) is 1. The van der Waals surface area contributed by atoms with E-state index in [0.29, 0.717) is 35.0 Å². The third-order valence-electron chi connectivity index (χ3n) is 7.72. The van der Waals surface area contributed by atoms with Crippen molar-refractivity contribution in [2.24, 2.45) is 0 Å². The lowest BCUT2D eigenvalue weighted by molar-refractivity contribution is -0.132. The number of carbonyl (C=O) groups excluding carboxylic acids is 3. The van der Waals surface area contributed by atoms with Crippen LogP contribution >= 0.6 is 11.3 Å². The minimum atomic E-state index is -1.04. The Morgan fingerprint density at radius 3 is 2.53 bits per heavy atom. The number of aliphatic hydroxyl groups excluding tert-OH is 1. The maximum atomic E-state index is 13.7. The Morgan fingerprint density at radius 2 is 1.84 bits per heavy atom. The molecule has 11 heteroatoms. The normalized spacial score (nSPS) is 16.0. The van der Waals surface area contributed by atoms with Crippen molar-refractivity contribution < 1.29 is 29.0 Å². The largest absolute Gasteiger partial charge is 0.505 e. The Kier molecular flexibility index (Phi) is 9.48. The number of anilines is 1. The Balaban J connectivity index is 1.60. The van der Waals surface area contributed by atoms with Crippen LogP contribution in [0.25, 0.3) is 11.4 Å². The number of rotatable bonds is 12. The number of amides is 1. The second kappa shape index (κ2) is 13.5. The molecule has 4 aromatic rings. The first kappa shape index (κ1) is 31.6. The molecule has 1 unspecified atom stereocenters. The SMILES string of the molecule is C=CCOC(=O)c1sc(N2C(=O)C(=O)/C(=C(/O)c3nc4c(C)cccn4c3C)C2c2ccc(OCCCCCC)cc2)nc1C. The van der Waals surface area contributed by atoms with Crippen molar-refractivity contribution in [3.8, 4) is 5.75 Å². The van der Waals surface area contributed by atoms with Crippen molar-refractivity contribution >= 4 is 45.5 Å². The number of fused-ring (bicyclic) bond motifs is 1. The van der Waals surface area contributed by atoms with Crippen molar-refractivity contribution in [2.75, 3.05) is 18.1 Å². The predicted molar refractivity (Wildman–Crippen MR) is 173 cm³/mol. The van der Waals surface area contributed by atoms with Gasteiger partial charge in [0.1, 0.15) is 28.6 Å². The number of esters is 1. The number of hydrogen-bond acceptors (Lipinski definition) is 9. The fourth-order valence-electron chi connectivity index (χ4n) is 5.36. The van der Waals surface area contributed by atoms with Crippen LogP contribution in [0, 0.1) is 20.8 Å². The van der Waals surface area contributed by atoms with Gasteiger partial charge in [-0.1, -0.05) is 68.4 Å². The van der Waals surface area contributed by atoms with Crippen LogP contribution in [0.1, 0.15) is 76.5 Å². The van der Waals surface area contributed by atoms with Crippen molar-refractivity contribution in [3.63, 3.8) is 0 Å². The molecule has 1 aliphatic rings. The molecule has 4 heterocycles. The number of unbranched alkanes of at least 4 members (excludes halogenated alkanes) is 3. The molecule has 10 nitrogen and oxygen atoms in total. The summed E-state index contributed by atoms with van der Waals surface area (Å²) in [7, 11) is 0. The summed E-state index contributed by atoms with van der Waals surface area (Å²) >= 11 is 0.943. The summed E-state index contributed by atoms with van der Waals surface area (Å²) in [5.41, 5.74) is 3.10. The summed E-state index contributed by atoms with van der Waals surface area (Å²) in [4.78, 5) is 50.7. The number of carbonyl (C=O) groups is 3. The van der Waals surface area contributed by atoms with Crippen molar-refractivity contribution in [1.29, 1.82) is 0 Å². The molecule has 0 bridgehead atoms. The van der Waals surface area contributed by atoms with Gasteiger partial charge in [0, 0.05) is 6.20 Å². The first-order valence-electron chi connectivity index (χ1n) is 14.9. The number of imidazole rings is 1. The minimum Gasteiger partial charge on any atom is -0.505 e. The molecule has 5 rings (SSSR count). The molecular weight excluding hydrogens is 592 g/mol. The van der Waals surface area contributed by atoms with E-state index in [1.54, 1.807) is 38.1 Å². The molecule has 0 radical (unpaired) electrons. The van der Waals surface area contributed by atoms with E-state index < -0.39 is 29.5 Å². The van der Waals surface area contributed by atoms with Crippen LogP contribution in [0.4, 0.5) is 5.13 Å². The van der Waals surface area contributed by atoms with Crippen LogP contribution in [0.3, 0.4) is 0 Å². The molecular formula is C34H36N4O6S. The van der Waals surface area contributed by atoms with Gasteiger partial charge in [0.05, 0.1) is 29.6 Å². The molecule has 0 saturated carbocycles. The monoisotopic (exact) mass is 628 g/mol. The highest BCUT2D eigenvalue weighted by atomic mass is 32.1. The smallest absolute Gasteiger partial charge is 0.350 e. The predicted octanol–water partition coefficient (Wildman–Crippen LogP) is 6.64. The Bertz CT molecular complexity index is 1800. The minimum absolute atomic E-state index is 0.0148. The van der Waals surface area contributed by atoms with Crippen molar-refractivity contribution in [2.45, 2.75) is 59.4 Å². The fourth-order valence-corrected chi connectivity index (χ4v) is 6.35. The molecule has 0 aliphatic carbocycles. The summed E-state index contributed by atoms with van der Waals surface area (Å²) in [6, 6.07) is 9.81. The summed E-state index contributed by atoms with van der Waals surface area (Å²) in [5, 5.41) is 11.9. The van der Waals surface area contributed by atoms with E-state index in [-0.39, 0.29) is 27.9 Å². The van der Waals surface area contributed by atoms with Gasteiger partial charge in [-0.3, -0.25) is 14.5 Å². The highest BCUT2D eigenvalue weighted by Gasteiger charge is 2.49. The van der Waals surface area contributed by atoms with Gasteiger partial charge in [-0.25, -0.2) is 14.8 Å². The molecule has 3 aromatic heterocycles. The van der Waals surface area contributed by atoms with E-state index in [1.165, 1.54) is 11.0 Å². The molecule has 1 N–H and O–H groups in total. The van der Waals surface area contributed by atoms with Crippen LogP contribution in [0.5, 0.6) is 5.75 Å². The Labute approximate surface area is 265 Å². The number of thiazole rings is 1. The van der Waals surface area contributed by atoms with E-state index in [1.807, 2.05) is 29.7 Å². The number of aromatic nitrogens is 3. The second-order valence-electron chi connectivity index (χ2n) is 10.9. The molecule has 45 heavy (non-hydrogen) atoms. The van der Waals surface area contributed by atoms with E-state index in [2.05, 4.69) is 23.5 Å². The van der Waals surface area contributed by atoms with Crippen LogP contribution in [-0.4, -0.2) is 50.3 Å². The van der Waals surface area contributed by atoms with E-state index in [0.717, 1.165) is 42.6 Å². The molecule has 1 fully saturated rings. The van der Waals surface area contributed by atoms with E-state index in [4.69, 9.17) is 9.47 Å². The standard InChI is InChI=1S/C34H36N4O6S/c1-6-8-9-10-19-43-24-15-13-23(14-16-24)27-25(28(39)26-22(5)37-17-11-12-20(3)31(37)36-26)29(40)32(41)38(27)34-35-21(4)30(45-34)33(42)44-18-7-2/h7,11-17,27,39H,2,6,8-10,18-19H2,1,3-5H3/b28-25+. The van der Waals surface area contributed by atoms with E-state index in [9.17, 15) is 19.5 Å². The molecule has 1 aromatic carbocycles. The highest BCUT2D eigenvalue weighted by molar-refractivity contribution is 7.17. The third kappa shape index (κ3) is 6.12. The lowest BCUT2D eigenvalue weighted by Crippen LogP contribution is -2.29. The Morgan fingerprint density at radius 1 is 1.09 bits per heavy atom. The summed E-state index contributed by atoms with van der Waals surface area (Å²) in [6.45, 7) is 11.6. The van der Waals surface area contributed by atoms with Crippen LogP contribution in [0.2, 0.25) is 0 Å². The second-order valence-corrected chi connectivity index (χ2v) is 11.9. The number of ketones is 1.